The number of hydrogen-bond donors (Lipinski definition) is 2. The summed E-state index contributed by atoms with van der Waals surface area (Å²) in [6.45, 7) is 2.38. The summed E-state index contributed by atoms with van der Waals surface area (Å²) in [6, 6.07) is 8.77. The zero-order valence-electron chi connectivity index (χ0n) is 13.9. The maximum atomic E-state index is 12.4. The van der Waals surface area contributed by atoms with E-state index in [1.807, 2.05) is 24.3 Å². The van der Waals surface area contributed by atoms with Gasteiger partial charge in [0.1, 0.15) is 5.82 Å². The number of H-pyrrole nitrogens is 1. The van der Waals surface area contributed by atoms with Crippen molar-refractivity contribution in [2.24, 2.45) is 5.41 Å². The van der Waals surface area contributed by atoms with Gasteiger partial charge in [-0.3, -0.25) is 9.59 Å². The Morgan fingerprint density at radius 3 is 2.62 bits per heavy atom. The van der Waals surface area contributed by atoms with E-state index in [1.165, 1.54) is 6.07 Å². The molecule has 0 atom stereocenters. The minimum absolute atomic E-state index is 0.0504. The van der Waals surface area contributed by atoms with Crippen molar-refractivity contribution in [2.45, 2.75) is 26.2 Å². The van der Waals surface area contributed by atoms with Crippen LogP contribution in [0.3, 0.4) is 0 Å². The Hall–Kier alpha value is -2.47. The van der Waals surface area contributed by atoms with Crippen molar-refractivity contribution >= 4 is 11.6 Å². The smallest absolute Gasteiger partial charge is 0.251 e. The highest BCUT2D eigenvalue weighted by Gasteiger charge is 2.49. The molecule has 1 amide bonds. The van der Waals surface area contributed by atoms with Crippen molar-refractivity contribution in [3.05, 3.63) is 46.4 Å². The Labute approximate surface area is 140 Å². The minimum atomic E-state index is -0.266. The van der Waals surface area contributed by atoms with E-state index in [0.29, 0.717) is 18.1 Å². The second-order valence-electron chi connectivity index (χ2n) is 6.29. The largest absolute Gasteiger partial charge is 0.385 e. The van der Waals surface area contributed by atoms with Gasteiger partial charge in [0.05, 0.1) is 5.41 Å². The molecular formula is C18H21N3O3. The van der Waals surface area contributed by atoms with Gasteiger partial charge in [0.2, 0.25) is 5.91 Å². The number of nitrogens with one attached hydrogen (secondary N) is 2. The number of aryl methyl sites for hydroxylation is 1. The number of benzene rings is 1. The van der Waals surface area contributed by atoms with Crippen LogP contribution in [-0.4, -0.2) is 29.6 Å². The lowest BCUT2D eigenvalue weighted by Crippen LogP contribution is -2.25. The van der Waals surface area contributed by atoms with Crippen LogP contribution in [0.15, 0.2) is 35.1 Å². The molecule has 1 heterocycles. The molecule has 0 radical (unpaired) electrons. The summed E-state index contributed by atoms with van der Waals surface area (Å²) in [5, 5.41) is 2.97. The Balaban J connectivity index is 1.71. The molecule has 24 heavy (non-hydrogen) atoms. The van der Waals surface area contributed by atoms with E-state index in [4.69, 9.17) is 4.74 Å². The van der Waals surface area contributed by atoms with Crippen molar-refractivity contribution in [3.8, 4) is 11.4 Å². The van der Waals surface area contributed by atoms with Crippen molar-refractivity contribution in [1.82, 2.24) is 9.97 Å². The van der Waals surface area contributed by atoms with Crippen LogP contribution in [0.25, 0.3) is 11.4 Å². The SMILES string of the molecule is COCCC1(C(=O)Nc2ccc(-c3nc(C)cc(=O)[nH]3)cc2)CC1. The first-order valence-corrected chi connectivity index (χ1v) is 8.01. The van der Waals surface area contributed by atoms with Crippen molar-refractivity contribution in [2.75, 3.05) is 19.0 Å². The Kier molecular flexibility index (Phi) is 4.49. The molecule has 0 spiro atoms. The fraction of sp³-hybridized carbons (Fsp3) is 0.389. The summed E-state index contributed by atoms with van der Waals surface area (Å²) in [4.78, 5) is 31.0. The lowest BCUT2D eigenvalue weighted by molar-refractivity contribution is -0.121. The first-order chi connectivity index (χ1) is 11.5. The molecule has 3 rings (SSSR count). The first-order valence-electron chi connectivity index (χ1n) is 8.01. The average Bonchev–Trinajstić information content (AvgIpc) is 3.34. The molecule has 0 aliphatic heterocycles. The minimum Gasteiger partial charge on any atom is -0.385 e. The number of aromatic nitrogens is 2. The van der Waals surface area contributed by atoms with E-state index >= 15 is 0 Å². The maximum absolute atomic E-state index is 12.4. The Morgan fingerprint density at radius 1 is 1.33 bits per heavy atom. The lowest BCUT2D eigenvalue weighted by Gasteiger charge is -2.15. The predicted octanol–water partition coefficient (Wildman–Crippen LogP) is 2.50. The summed E-state index contributed by atoms with van der Waals surface area (Å²) in [7, 11) is 1.65. The zero-order chi connectivity index (χ0) is 17.2. The van der Waals surface area contributed by atoms with Gasteiger partial charge >= 0.3 is 0 Å². The summed E-state index contributed by atoms with van der Waals surface area (Å²) in [6.07, 6.45) is 2.57. The van der Waals surface area contributed by atoms with Gasteiger partial charge in [-0.25, -0.2) is 4.98 Å². The van der Waals surface area contributed by atoms with Crippen LogP contribution >= 0.6 is 0 Å². The maximum Gasteiger partial charge on any atom is 0.251 e. The van der Waals surface area contributed by atoms with Gasteiger partial charge < -0.3 is 15.0 Å². The van der Waals surface area contributed by atoms with Crippen molar-refractivity contribution in [1.29, 1.82) is 0 Å². The number of methoxy groups -OCH3 is 1. The quantitative estimate of drug-likeness (QED) is 0.854. The predicted molar refractivity (Wildman–Crippen MR) is 91.8 cm³/mol. The van der Waals surface area contributed by atoms with Crippen LogP contribution in [0.1, 0.15) is 25.0 Å². The van der Waals surface area contributed by atoms with E-state index in [1.54, 1.807) is 14.0 Å². The molecule has 2 aromatic rings. The highest BCUT2D eigenvalue weighted by Crippen LogP contribution is 2.49. The van der Waals surface area contributed by atoms with E-state index in [9.17, 15) is 9.59 Å². The van der Waals surface area contributed by atoms with Crippen LogP contribution in [0.2, 0.25) is 0 Å². The topological polar surface area (TPSA) is 84.1 Å². The molecule has 1 aliphatic rings. The van der Waals surface area contributed by atoms with Crippen LogP contribution in [0, 0.1) is 12.3 Å². The number of anilines is 1. The van der Waals surface area contributed by atoms with Crippen molar-refractivity contribution < 1.29 is 9.53 Å². The number of nitrogens with zero attached hydrogens (tertiary/aromatic N) is 1. The molecule has 6 nitrogen and oxygen atoms in total. The van der Waals surface area contributed by atoms with E-state index in [-0.39, 0.29) is 16.9 Å². The molecule has 1 aromatic heterocycles. The van der Waals surface area contributed by atoms with Crippen LogP contribution < -0.4 is 10.9 Å². The zero-order valence-corrected chi connectivity index (χ0v) is 13.9. The van der Waals surface area contributed by atoms with E-state index in [2.05, 4.69) is 15.3 Å². The molecule has 1 saturated carbocycles. The molecule has 0 saturated heterocycles. The third kappa shape index (κ3) is 3.54. The number of amides is 1. The second-order valence-corrected chi connectivity index (χ2v) is 6.29. The van der Waals surface area contributed by atoms with Crippen LogP contribution in [-0.2, 0) is 9.53 Å². The highest BCUT2D eigenvalue weighted by molar-refractivity contribution is 5.97. The van der Waals surface area contributed by atoms with Gasteiger partial charge in [-0.2, -0.15) is 0 Å². The van der Waals surface area contributed by atoms with Gasteiger partial charge in [0, 0.05) is 36.7 Å². The summed E-state index contributed by atoms with van der Waals surface area (Å²) >= 11 is 0. The van der Waals surface area contributed by atoms with Crippen LogP contribution in [0.5, 0.6) is 0 Å². The van der Waals surface area contributed by atoms with Crippen molar-refractivity contribution in [3.63, 3.8) is 0 Å². The lowest BCUT2D eigenvalue weighted by atomic mass is 10.0. The molecule has 2 N–H and O–H groups in total. The molecule has 0 unspecified atom stereocenters. The van der Waals surface area contributed by atoms with E-state index < -0.39 is 0 Å². The number of aromatic amines is 1. The average molecular weight is 327 g/mol. The van der Waals surface area contributed by atoms with Gasteiger partial charge in [0.25, 0.3) is 5.56 Å². The number of rotatable bonds is 6. The molecule has 6 heteroatoms. The van der Waals surface area contributed by atoms with Gasteiger partial charge in [-0.1, -0.05) is 0 Å². The standard InChI is InChI=1S/C18H21N3O3/c1-12-11-15(22)21-16(19-12)13-3-5-14(6-4-13)20-17(23)18(7-8-18)9-10-24-2/h3-6,11H,7-10H2,1-2H3,(H,20,23)(H,19,21,22). The Morgan fingerprint density at radius 2 is 2.04 bits per heavy atom. The highest BCUT2D eigenvalue weighted by atomic mass is 16.5. The van der Waals surface area contributed by atoms with Crippen LogP contribution in [0.4, 0.5) is 5.69 Å². The molecular weight excluding hydrogens is 306 g/mol. The fourth-order valence-corrected chi connectivity index (χ4v) is 2.73. The normalized spacial score (nSPS) is 15.1. The third-order valence-corrected chi connectivity index (χ3v) is 4.41. The van der Waals surface area contributed by atoms with Gasteiger partial charge in [0.15, 0.2) is 0 Å². The monoisotopic (exact) mass is 327 g/mol. The summed E-state index contributed by atoms with van der Waals surface area (Å²) in [5.41, 5.74) is 1.76. The fourth-order valence-electron chi connectivity index (χ4n) is 2.73. The van der Waals surface area contributed by atoms with E-state index in [0.717, 1.165) is 30.5 Å². The molecule has 0 bridgehead atoms. The molecule has 126 valence electrons. The Bertz CT molecular complexity index is 792. The molecule has 1 aliphatic carbocycles. The summed E-state index contributed by atoms with van der Waals surface area (Å²) < 4.78 is 5.09. The number of carbonyl (C=O) groups is 1. The van der Waals surface area contributed by atoms with Gasteiger partial charge in [-0.15, -0.1) is 0 Å². The number of carbonyl (C=O) groups excluding carboxylic acids is 1. The second kappa shape index (κ2) is 6.57. The summed E-state index contributed by atoms with van der Waals surface area (Å²) in [5.74, 6) is 0.575. The third-order valence-electron chi connectivity index (χ3n) is 4.41. The van der Waals surface area contributed by atoms with Gasteiger partial charge in [-0.05, 0) is 50.5 Å². The first kappa shape index (κ1) is 16.4. The number of ether oxygens (including phenoxy) is 1. The molecule has 1 fully saturated rings. The number of hydrogen-bond acceptors (Lipinski definition) is 4. The molecule has 1 aromatic carbocycles.